The van der Waals surface area contributed by atoms with Gasteiger partial charge in [0.2, 0.25) is 10.0 Å². The van der Waals surface area contributed by atoms with E-state index in [0.29, 0.717) is 6.54 Å². The van der Waals surface area contributed by atoms with Gasteiger partial charge in [-0.05, 0) is 25.3 Å². The van der Waals surface area contributed by atoms with Crippen LogP contribution in [-0.4, -0.2) is 29.2 Å². The van der Waals surface area contributed by atoms with Gasteiger partial charge in [0.1, 0.15) is 0 Å². The summed E-state index contributed by atoms with van der Waals surface area (Å²) in [5.74, 6) is 0.0313. The number of hydrogen-bond acceptors (Lipinski definition) is 4. The molecule has 1 fully saturated rings. The Hall–Kier alpha value is -1.79. The first-order valence-corrected chi connectivity index (χ1v) is 8.99. The predicted octanol–water partition coefficient (Wildman–Crippen LogP) is 2.45. The van der Waals surface area contributed by atoms with Gasteiger partial charge in [-0.25, -0.2) is 8.42 Å². The second-order valence-electron chi connectivity index (χ2n) is 5.60. The smallest absolute Gasteiger partial charge is 0.218 e. The van der Waals surface area contributed by atoms with Crippen LogP contribution in [0.1, 0.15) is 35.8 Å². The van der Waals surface area contributed by atoms with Gasteiger partial charge in [0.25, 0.3) is 0 Å². The van der Waals surface area contributed by atoms with E-state index in [1.54, 1.807) is 16.7 Å². The fraction of sp³-hybridized carbons (Fsp3) is 0.375. The van der Waals surface area contributed by atoms with Crippen molar-refractivity contribution < 1.29 is 8.42 Å². The lowest BCUT2D eigenvalue weighted by Gasteiger charge is -2.23. The fourth-order valence-electron chi connectivity index (χ4n) is 2.88. The minimum atomic E-state index is -3.36. The van der Waals surface area contributed by atoms with Crippen molar-refractivity contribution in [2.75, 3.05) is 6.54 Å². The summed E-state index contributed by atoms with van der Waals surface area (Å²) in [6, 6.07) is 9.10. The molecule has 1 aliphatic heterocycles. The number of benzene rings is 1. The Labute approximate surface area is 131 Å². The Morgan fingerprint density at radius 3 is 2.73 bits per heavy atom. The third kappa shape index (κ3) is 3.18. The van der Waals surface area contributed by atoms with Crippen LogP contribution in [0.2, 0.25) is 0 Å². The number of aryl methyl sites for hydroxylation is 1. The van der Waals surface area contributed by atoms with Gasteiger partial charge in [0.05, 0.1) is 29.4 Å². The van der Waals surface area contributed by atoms with E-state index in [1.807, 2.05) is 37.3 Å². The van der Waals surface area contributed by atoms with Gasteiger partial charge >= 0.3 is 0 Å². The monoisotopic (exact) mass is 317 g/mol. The molecule has 2 aromatic rings. The van der Waals surface area contributed by atoms with Crippen LogP contribution in [0.25, 0.3) is 0 Å². The van der Waals surface area contributed by atoms with E-state index >= 15 is 0 Å². The number of rotatable bonds is 4. The van der Waals surface area contributed by atoms with E-state index in [-0.39, 0.29) is 11.8 Å². The van der Waals surface area contributed by atoms with Crippen molar-refractivity contribution in [2.24, 2.45) is 0 Å². The normalized spacial score (nSPS) is 19.4. The van der Waals surface area contributed by atoms with E-state index in [9.17, 15) is 8.42 Å². The van der Waals surface area contributed by atoms with Crippen LogP contribution in [0, 0.1) is 6.92 Å². The molecule has 0 spiro atoms. The minimum absolute atomic E-state index is 0.0313. The van der Waals surface area contributed by atoms with Gasteiger partial charge in [-0.3, -0.25) is 9.97 Å². The van der Waals surface area contributed by atoms with E-state index in [1.165, 1.54) is 0 Å². The van der Waals surface area contributed by atoms with Crippen LogP contribution >= 0.6 is 0 Å². The number of nitrogens with zero attached hydrogens (tertiary/aromatic N) is 3. The minimum Gasteiger partial charge on any atom is -0.261 e. The highest BCUT2D eigenvalue weighted by Gasteiger charge is 2.36. The molecule has 0 N–H and O–H groups in total. The largest absolute Gasteiger partial charge is 0.261 e. The van der Waals surface area contributed by atoms with Crippen molar-refractivity contribution in [1.29, 1.82) is 0 Å². The Balaban J connectivity index is 1.86. The zero-order valence-corrected chi connectivity index (χ0v) is 13.3. The maximum atomic E-state index is 12.7. The Bertz CT molecular complexity index is 747. The molecule has 1 aromatic heterocycles. The summed E-state index contributed by atoms with van der Waals surface area (Å²) < 4.78 is 27.1. The van der Waals surface area contributed by atoms with Crippen LogP contribution < -0.4 is 0 Å². The van der Waals surface area contributed by atoms with Crippen molar-refractivity contribution >= 4 is 10.0 Å². The van der Waals surface area contributed by atoms with Crippen LogP contribution in [0.5, 0.6) is 0 Å². The predicted molar refractivity (Wildman–Crippen MR) is 84.5 cm³/mol. The molecule has 22 heavy (non-hydrogen) atoms. The first-order valence-electron chi connectivity index (χ1n) is 7.38. The summed E-state index contributed by atoms with van der Waals surface area (Å²) in [5.41, 5.74) is 2.36. The Morgan fingerprint density at radius 1 is 1.23 bits per heavy atom. The molecule has 1 saturated heterocycles. The van der Waals surface area contributed by atoms with Crippen molar-refractivity contribution in [3.8, 4) is 0 Å². The molecule has 0 bridgehead atoms. The highest BCUT2D eigenvalue weighted by molar-refractivity contribution is 7.88. The summed E-state index contributed by atoms with van der Waals surface area (Å²) in [4.78, 5) is 8.60. The molecule has 6 heteroatoms. The zero-order valence-electron chi connectivity index (χ0n) is 12.5. The molecular weight excluding hydrogens is 298 g/mol. The maximum Gasteiger partial charge on any atom is 0.218 e. The standard InChI is InChI=1S/C16H19N3O2S/c1-13-10-17-11-15(18-13)16-8-5-9-19(16)22(20,21)12-14-6-3-2-4-7-14/h2-4,6-7,10-11,16H,5,8-9,12H2,1H3/t16-/m0/s1. The second-order valence-corrected chi connectivity index (χ2v) is 7.52. The topological polar surface area (TPSA) is 63.2 Å². The van der Waals surface area contributed by atoms with Gasteiger partial charge < -0.3 is 0 Å². The molecular formula is C16H19N3O2S. The molecule has 0 aliphatic carbocycles. The fourth-order valence-corrected chi connectivity index (χ4v) is 4.67. The van der Waals surface area contributed by atoms with E-state index in [4.69, 9.17) is 0 Å². The molecule has 1 aromatic carbocycles. The highest BCUT2D eigenvalue weighted by Crippen LogP contribution is 2.34. The molecule has 5 nitrogen and oxygen atoms in total. The van der Waals surface area contributed by atoms with Crippen molar-refractivity contribution in [3.05, 3.63) is 59.7 Å². The van der Waals surface area contributed by atoms with Gasteiger partial charge in [0, 0.05) is 12.7 Å². The van der Waals surface area contributed by atoms with Crippen LogP contribution in [0.15, 0.2) is 42.7 Å². The van der Waals surface area contributed by atoms with Gasteiger partial charge in [-0.2, -0.15) is 4.31 Å². The Kier molecular flexibility index (Phi) is 4.22. The van der Waals surface area contributed by atoms with Crippen LogP contribution in [0.4, 0.5) is 0 Å². The number of sulfonamides is 1. The van der Waals surface area contributed by atoms with Crippen molar-refractivity contribution in [1.82, 2.24) is 14.3 Å². The van der Waals surface area contributed by atoms with Gasteiger partial charge in [-0.15, -0.1) is 0 Å². The lowest BCUT2D eigenvalue weighted by molar-refractivity contribution is 0.388. The molecule has 0 saturated carbocycles. The van der Waals surface area contributed by atoms with Crippen molar-refractivity contribution in [3.63, 3.8) is 0 Å². The number of aromatic nitrogens is 2. The second kappa shape index (κ2) is 6.14. The first kappa shape index (κ1) is 15.1. The summed E-state index contributed by atoms with van der Waals surface area (Å²) in [6.45, 7) is 2.42. The van der Waals surface area contributed by atoms with Gasteiger partial charge in [-0.1, -0.05) is 30.3 Å². The maximum absolute atomic E-state index is 12.7. The third-order valence-corrected chi connectivity index (χ3v) is 5.72. The highest BCUT2D eigenvalue weighted by atomic mass is 32.2. The quantitative estimate of drug-likeness (QED) is 0.869. The molecule has 2 heterocycles. The molecule has 0 amide bonds. The summed E-state index contributed by atoms with van der Waals surface area (Å²) >= 11 is 0. The van der Waals surface area contributed by atoms with Crippen LogP contribution in [0.3, 0.4) is 0 Å². The SMILES string of the molecule is Cc1cncc([C@@H]2CCCN2S(=O)(=O)Cc2ccccc2)n1. The summed E-state index contributed by atoms with van der Waals surface area (Å²) in [7, 11) is -3.36. The lowest BCUT2D eigenvalue weighted by Crippen LogP contribution is -2.32. The van der Waals surface area contributed by atoms with E-state index < -0.39 is 10.0 Å². The lowest BCUT2D eigenvalue weighted by atomic mass is 10.2. The van der Waals surface area contributed by atoms with E-state index in [0.717, 1.165) is 29.8 Å². The third-order valence-electron chi connectivity index (χ3n) is 3.87. The number of hydrogen-bond donors (Lipinski definition) is 0. The average Bonchev–Trinajstić information content (AvgIpc) is 2.98. The van der Waals surface area contributed by atoms with Crippen molar-refractivity contribution in [2.45, 2.75) is 31.6 Å². The molecule has 3 rings (SSSR count). The summed E-state index contributed by atoms with van der Waals surface area (Å²) in [5, 5.41) is 0. The van der Waals surface area contributed by atoms with E-state index in [2.05, 4.69) is 9.97 Å². The molecule has 0 radical (unpaired) electrons. The molecule has 1 atom stereocenters. The molecule has 0 unspecified atom stereocenters. The molecule has 1 aliphatic rings. The van der Waals surface area contributed by atoms with Gasteiger partial charge in [0.15, 0.2) is 0 Å². The zero-order chi connectivity index (χ0) is 15.6. The first-order chi connectivity index (χ1) is 10.6. The van der Waals surface area contributed by atoms with Crippen LogP contribution in [-0.2, 0) is 15.8 Å². The molecule has 116 valence electrons. The average molecular weight is 317 g/mol. The summed E-state index contributed by atoms with van der Waals surface area (Å²) in [6.07, 6.45) is 5.01. The Morgan fingerprint density at radius 2 is 2.00 bits per heavy atom.